The second-order valence-corrected chi connectivity index (χ2v) is 15.4. The molecule has 12 rings (SSSR count). The van der Waals surface area contributed by atoms with E-state index >= 15 is 0 Å². The normalized spacial score (nSPS) is 12.9. The average molecular weight is 767 g/mol. The van der Waals surface area contributed by atoms with E-state index in [1.54, 1.807) is 0 Å². The van der Waals surface area contributed by atoms with Crippen molar-refractivity contribution in [2.75, 3.05) is 0 Å². The molecule has 0 atom stereocenters. The average Bonchev–Trinajstić information content (AvgIpc) is 3.61. The first-order valence-corrected chi connectivity index (χ1v) is 20.2. The van der Waals surface area contributed by atoms with Gasteiger partial charge in [0.15, 0.2) is 17.5 Å². The summed E-state index contributed by atoms with van der Waals surface area (Å²) in [5.74, 6) is 3.52. The minimum atomic E-state index is -0.703. The number of para-hydroxylation sites is 3. The summed E-state index contributed by atoms with van der Waals surface area (Å²) in [5, 5.41) is 1.11. The molecule has 0 saturated heterocycles. The molecule has 8 aromatic carbocycles. The fourth-order valence-electron chi connectivity index (χ4n) is 9.34. The van der Waals surface area contributed by atoms with Crippen LogP contribution in [0.1, 0.15) is 22.3 Å². The van der Waals surface area contributed by atoms with Gasteiger partial charge in [0.1, 0.15) is 11.5 Å². The van der Waals surface area contributed by atoms with Crippen molar-refractivity contribution in [1.29, 1.82) is 0 Å². The van der Waals surface area contributed by atoms with Crippen LogP contribution in [0.25, 0.3) is 78.4 Å². The smallest absolute Gasteiger partial charge is 0.164 e. The van der Waals surface area contributed by atoms with Crippen LogP contribution in [0, 0.1) is 0 Å². The van der Waals surface area contributed by atoms with Gasteiger partial charge in [0.25, 0.3) is 0 Å². The lowest BCUT2D eigenvalue weighted by Crippen LogP contribution is -2.32. The number of ether oxygens (including phenoxy) is 1. The quantitative estimate of drug-likeness (QED) is 0.175. The van der Waals surface area contributed by atoms with Gasteiger partial charge in [-0.2, -0.15) is 0 Å². The van der Waals surface area contributed by atoms with Gasteiger partial charge < -0.3 is 4.74 Å². The maximum atomic E-state index is 6.70. The molecule has 3 heterocycles. The van der Waals surface area contributed by atoms with E-state index < -0.39 is 5.41 Å². The number of fused-ring (bicyclic) bond motifs is 10. The van der Waals surface area contributed by atoms with Gasteiger partial charge in [0.2, 0.25) is 0 Å². The Bertz CT molecular complexity index is 3240. The molecule has 280 valence electrons. The number of nitrogens with zero attached hydrogens (tertiary/aromatic N) is 4. The topological polar surface area (TPSA) is 60.8 Å². The molecule has 2 aromatic heterocycles. The van der Waals surface area contributed by atoms with Crippen molar-refractivity contribution >= 4 is 10.9 Å². The molecule has 0 amide bonds. The maximum Gasteiger partial charge on any atom is 0.164 e. The Kier molecular flexibility index (Phi) is 7.69. The molecular weight excluding hydrogens is 733 g/mol. The van der Waals surface area contributed by atoms with Gasteiger partial charge in [-0.05, 0) is 69.3 Å². The molecule has 0 radical (unpaired) electrons. The van der Waals surface area contributed by atoms with Crippen LogP contribution in [0.2, 0.25) is 0 Å². The Morgan fingerprint density at radius 1 is 0.333 bits per heavy atom. The van der Waals surface area contributed by atoms with Gasteiger partial charge in [0.05, 0.1) is 10.9 Å². The van der Waals surface area contributed by atoms with E-state index in [9.17, 15) is 0 Å². The van der Waals surface area contributed by atoms with E-state index in [0.29, 0.717) is 17.5 Å². The highest BCUT2D eigenvalue weighted by molar-refractivity contribution is 5.96. The van der Waals surface area contributed by atoms with Crippen molar-refractivity contribution < 1.29 is 4.74 Å². The zero-order valence-corrected chi connectivity index (χ0v) is 32.3. The van der Waals surface area contributed by atoms with Crippen LogP contribution in [-0.2, 0) is 5.41 Å². The van der Waals surface area contributed by atoms with Gasteiger partial charge in [0, 0.05) is 45.0 Å². The molecule has 60 heavy (non-hydrogen) atoms. The second-order valence-electron chi connectivity index (χ2n) is 15.4. The van der Waals surface area contributed by atoms with E-state index in [-0.39, 0.29) is 0 Å². The second kappa shape index (κ2) is 13.5. The van der Waals surface area contributed by atoms with Crippen LogP contribution >= 0.6 is 0 Å². The van der Waals surface area contributed by atoms with Crippen LogP contribution in [0.5, 0.6) is 11.5 Å². The molecule has 1 aliphatic carbocycles. The lowest BCUT2D eigenvalue weighted by molar-refractivity contribution is 0.436. The first-order chi connectivity index (χ1) is 29.7. The number of aromatic nitrogens is 4. The monoisotopic (exact) mass is 766 g/mol. The van der Waals surface area contributed by atoms with Crippen LogP contribution in [-0.4, -0.2) is 19.9 Å². The number of rotatable bonds is 5. The summed E-state index contributed by atoms with van der Waals surface area (Å²) in [6.45, 7) is 0. The lowest BCUT2D eigenvalue weighted by Gasteiger charge is -2.39. The summed E-state index contributed by atoms with van der Waals surface area (Å²) < 4.78 is 6.70. The summed E-state index contributed by atoms with van der Waals surface area (Å²) in [4.78, 5) is 20.3. The molecule has 0 bridgehead atoms. The third kappa shape index (κ3) is 5.26. The standard InChI is InChI=1S/C55H34N4O/c1-3-13-35(14-4-1)36-24-26-39(27-25-36)53-57-52(38-15-5-2-6-16-38)58-54(59-53)41-29-31-44-43-30-28-40(42-19-11-17-37-18-12-32-56-51(37)42)33-47(43)55(48(44)34-41)45-20-7-9-22-49(45)60-50-23-10-8-21-46(50)55/h1-34H. The van der Waals surface area contributed by atoms with Crippen molar-refractivity contribution in [2.24, 2.45) is 0 Å². The highest BCUT2D eigenvalue weighted by atomic mass is 16.5. The third-order valence-corrected chi connectivity index (χ3v) is 12.1. The van der Waals surface area contributed by atoms with Gasteiger partial charge in [-0.1, -0.05) is 170 Å². The van der Waals surface area contributed by atoms with Crippen LogP contribution in [0.15, 0.2) is 206 Å². The molecule has 0 N–H and O–H groups in total. The molecule has 5 heteroatoms. The van der Waals surface area contributed by atoms with Gasteiger partial charge in [-0.15, -0.1) is 0 Å². The van der Waals surface area contributed by atoms with Crippen LogP contribution in [0.4, 0.5) is 0 Å². The van der Waals surface area contributed by atoms with Crippen molar-refractivity contribution in [3.63, 3.8) is 0 Å². The van der Waals surface area contributed by atoms with E-state index in [1.165, 1.54) is 11.1 Å². The minimum absolute atomic E-state index is 0.607. The highest BCUT2D eigenvalue weighted by Gasteiger charge is 2.51. The SMILES string of the molecule is c1ccc(-c2ccc(-c3nc(-c4ccccc4)nc(-c4ccc5c(c4)C4(c6ccccc6Oc6ccccc64)c4cc(-c6cccc7cccnc67)ccc4-5)n3)cc2)cc1. The number of pyridine rings is 1. The Balaban J connectivity index is 1.09. The number of benzene rings is 8. The van der Waals surface area contributed by atoms with Gasteiger partial charge in [-0.3, -0.25) is 4.98 Å². The highest BCUT2D eigenvalue weighted by Crippen LogP contribution is 2.62. The molecule has 2 aliphatic rings. The number of hydrogen-bond acceptors (Lipinski definition) is 5. The molecule has 0 saturated carbocycles. The summed E-state index contributed by atoms with van der Waals surface area (Å²) in [7, 11) is 0. The zero-order valence-electron chi connectivity index (χ0n) is 32.3. The fourth-order valence-corrected chi connectivity index (χ4v) is 9.34. The zero-order chi connectivity index (χ0) is 39.6. The van der Waals surface area contributed by atoms with Crippen LogP contribution in [0.3, 0.4) is 0 Å². The summed E-state index contributed by atoms with van der Waals surface area (Å²) in [6, 6.07) is 70.1. The summed E-state index contributed by atoms with van der Waals surface area (Å²) in [5.41, 5.74) is 14.4. The first-order valence-electron chi connectivity index (χ1n) is 20.2. The van der Waals surface area contributed by atoms with E-state index in [0.717, 1.165) is 83.6 Å². The largest absolute Gasteiger partial charge is 0.457 e. The molecular formula is C55H34N4O. The molecule has 1 aliphatic heterocycles. The number of hydrogen-bond donors (Lipinski definition) is 0. The Labute approximate surface area is 347 Å². The van der Waals surface area contributed by atoms with Crippen molar-refractivity contribution in [1.82, 2.24) is 19.9 Å². The molecule has 0 unspecified atom stereocenters. The predicted molar refractivity (Wildman–Crippen MR) is 240 cm³/mol. The van der Waals surface area contributed by atoms with Crippen LogP contribution < -0.4 is 4.74 Å². The Morgan fingerprint density at radius 3 is 1.48 bits per heavy atom. The first kappa shape index (κ1) is 34.1. The fraction of sp³-hybridized carbons (Fsp3) is 0.0182. The minimum Gasteiger partial charge on any atom is -0.457 e. The molecule has 10 aromatic rings. The summed E-state index contributed by atoms with van der Waals surface area (Å²) in [6.07, 6.45) is 1.87. The molecule has 5 nitrogen and oxygen atoms in total. The third-order valence-electron chi connectivity index (χ3n) is 12.1. The van der Waals surface area contributed by atoms with Gasteiger partial charge in [-0.25, -0.2) is 15.0 Å². The summed E-state index contributed by atoms with van der Waals surface area (Å²) >= 11 is 0. The van der Waals surface area contributed by atoms with Crippen molar-refractivity contribution in [3.05, 3.63) is 229 Å². The van der Waals surface area contributed by atoms with E-state index in [4.69, 9.17) is 24.7 Å². The maximum absolute atomic E-state index is 6.70. The predicted octanol–water partition coefficient (Wildman–Crippen LogP) is 13.2. The van der Waals surface area contributed by atoms with Crippen molar-refractivity contribution in [3.8, 4) is 79.0 Å². The lowest BCUT2D eigenvalue weighted by atomic mass is 9.65. The Hall–Kier alpha value is -8.02. The van der Waals surface area contributed by atoms with E-state index in [1.807, 2.05) is 36.5 Å². The Morgan fingerprint density at radius 2 is 0.817 bits per heavy atom. The molecule has 0 fully saturated rings. The van der Waals surface area contributed by atoms with Gasteiger partial charge >= 0.3 is 0 Å². The molecule has 1 spiro atoms. The van der Waals surface area contributed by atoms with Crippen molar-refractivity contribution in [2.45, 2.75) is 5.41 Å². The van der Waals surface area contributed by atoms with E-state index in [2.05, 4.69) is 170 Å².